The fourth-order valence-electron chi connectivity index (χ4n) is 3.14. The van der Waals surface area contributed by atoms with E-state index in [0.717, 1.165) is 0 Å². The lowest BCUT2D eigenvalue weighted by Crippen LogP contribution is -2.32. The SMILES string of the molecule is O=[N+]([O-])C1CCC(O[P+](O)(O)OC2CCC([N+](=O)[O-])CC2)CC1. The molecule has 132 valence electrons. The van der Waals surface area contributed by atoms with Crippen LogP contribution in [0.1, 0.15) is 51.4 Å². The molecule has 10 nitrogen and oxygen atoms in total. The maximum Gasteiger partial charge on any atom is 0.570 e. The van der Waals surface area contributed by atoms with Gasteiger partial charge in [0.2, 0.25) is 12.1 Å². The highest BCUT2D eigenvalue weighted by Gasteiger charge is 2.48. The topological polar surface area (TPSA) is 145 Å². The van der Waals surface area contributed by atoms with Crippen LogP contribution in [0.5, 0.6) is 0 Å². The van der Waals surface area contributed by atoms with Crippen molar-refractivity contribution in [1.29, 1.82) is 0 Å². The summed E-state index contributed by atoms with van der Waals surface area (Å²) < 4.78 is 10.5. The molecule has 0 spiro atoms. The van der Waals surface area contributed by atoms with E-state index in [4.69, 9.17) is 9.05 Å². The van der Waals surface area contributed by atoms with Gasteiger partial charge in [0.15, 0.2) is 0 Å². The first-order chi connectivity index (χ1) is 10.8. The van der Waals surface area contributed by atoms with Gasteiger partial charge in [-0.05, 0) is 25.7 Å². The van der Waals surface area contributed by atoms with Crippen molar-refractivity contribution in [2.45, 2.75) is 75.7 Å². The smallest absolute Gasteiger partial charge is 0.264 e. The van der Waals surface area contributed by atoms with Crippen molar-refractivity contribution in [1.82, 2.24) is 0 Å². The normalized spacial score (nSPS) is 32.4. The molecule has 2 saturated carbocycles. The number of nitrogens with zero attached hydrogens (tertiary/aromatic N) is 2. The van der Waals surface area contributed by atoms with Crippen molar-refractivity contribution in [3.05, 3.63) is 20.2 Å². The van der Waals surface area contributed by atoms with Crippen molar-refractivity contribution in [3.8, 4) is 0 Å². The Morgan fingerprint density at radius 3 is 1.30 bits per heavy atom. The lowest BCUT2D eigenvalue weighted by atomic mass is 9.94. The van der Waals surface area contributed by atoms with Gasteiger partial charge in [-0.15, -0.1) is 0 Å². The summed E-state index contributed by atoms with van der Waals surface area (Å²) in [5.74, 6) is 0. The van der Waals surface area contributed by atoms with Gasteiger partial charge in [0, 0.05) is 35.5 Å². The lowest BCUT2D eigenvalue weighted by Gasteiger charge is -2.26. The lowest BCUT2D eigenvalue weighted by molar-refractivity contribution is -0.527. The number of hydrogen-bond acceptors (Lipinski definition) is 8. The molecule has 0 radical (unpaired) electrons. The third kappa shape index (κ3) is 5.58. The third-order valence-corrected chi connectivity index (χ3v) is 5.60. The second-order valence-electron chi connectivity index (χ2n) is 6.13. The third-order valence-electron chi connectivity index (χ3n) is 4.46. The fraction of sp³-hybridized carbons (Fsp3) is 1.00. The van der Waals surface area contributed by atoms with E-state index < -0.39 is 32.5 Å². The summed E-state index contributed by atoms with van der Waals surface area (Å²) in [5.41, 5.74) is 0. The Hall–Kier alpha value is -0.930. The zero-order valence-electron chi connectivity index (χ0n) is 12.7. The van der Waals surface area contributed by atoms with Crippen LogP contribution in [-0.4, -0.2) is 43.9 Å². The van der Waals surface area contributed by atoms with Crippen LogP contribution in [0.3, 0.4) is 0 Å². The summed E-state index contributed by atoms with van der Waals surface area (Å²) in [6.07, 6.45) is 1.94. The van der Waals surface area contributed by atoms with E-state index in [0.29, 0.717) is 51.4 Å². The summed E-state index contributed by atoms with van der Waals surface area (Å²) in [6.45, 7) is 0. The van der Waals surface area contributed by atoms with Gasteiger partial charge in [0.1, 0.15) is 12.2 Å². The molecule has 0 aromatic heterocycles. The summed E-state index contributed by atoms with van der Waals surface area (Å²) in [5, 5.41) is 21.4. The Balaban J connectivity index is 1.75. The molecular weight excluding hydrogens is 331 g/mol. The van der Waals surface area contributed by atoms with Crippen LogP contribution >= 0.6 is 8.17 Å². The van der Waals surface area contributed by atoms with E-state index in [1.165, 1.54) is 0 Å². The quantitative estimate of drug-likeness (QED) is 0.418. The summed E-state index contributed by atoms with van der Waals surface area (Å²) in [7, 11) is -4.01. The Kier molecular flexibility index (Phi) is 6.21. The standard InChI is InChI=1S/C12H22N2O8P/c15-13(16)9-1-5-11(6-2-9)21-23(19,20)22-12-7-3-10(4-8-12)14(17)18/h9-12,19-20H,1-8H2/q+1. The maximum atomic E-state index is 10.7. The molecule has 0 saturated heterocycles. The maximum absolute atomic E-state index is 10.7. The van der Waals surface area contributed by atoms with Gasteiger partial charge in [-0.2, -0.15) is 18.8 Å². The van der Waals surface area contributed by atoms with Crippen LogP contribution in [-0.2, 0) is 9.05 Å². The van der Waals surface area contributed by atoms with Gasteiger partial charge < -0.3 is 0 Å². The van der Waals surface area contributed by atoms with Crippen LogP contribution in [0, 0.1) is 20.2 Å². The highest BCUT2D eigenvalue weighted by Crippen LogP contribution is 2.57. The first kappa shape index (κ1) is 18.4. The number of hydrogen-bond donors (Lipinski definition) is 2. The van der Waals surface area contributed by atoms with Crippen LogP contribution in [0.2, 0.25) is 0 Å². The van der Waals surface area contributed by atoms with Crippen molar-refractivity contribution < 1.29 is 28.7 Å². The molecule has 11 heteroatoms. The molecule has 0 heterocycles. The Labute approximate surface area is 133 Å². The van der Waals surface area contributed by atoms with Gasteiger partial charge >= 0.3 is 8.17 Å². The molecule has 23 heavy (non-hydrogen) atoms. The second-order valence-corrected chi connectivity index (χ2v) is 7.54. The van der Waals surface area contributed by atoms with E-state index in [2.05, 4.69) is 0 Å². The van der Waals surface area contributed by atoms with Crippen molar-refractivity contribution in [2.24, 2.45) is 0 Å². The van der Waals surface area contributed by atoms with E-state index in [1.807, 2.05) is 0 Å². The van der Waals surface area contributed by atoms with Crippen molar-refractivity contribution in [2.75, 3.05) is 0 Å². The van der Waals surface area contributed by atoms with Crippen LogP contribution in [0.25, 0.3) is 0 Å². The second kappa shape index (κ2) is 7.76. The summed E-state index contributed by atoms with van der Waals surface area (Å²) in [6, 6.07) is -1.20. The Morgan fingerprint density at radius 2 is 1.04 bits per heavy atom. The molecule has 0 unspecified atom stereocenters. The molecule has 0 bridgehead atoms. The van der Waals surface area contributed by atoms with Crippen LogP contribution < -0.4 is 0 Å². The highest BCUT2D eigenvalue weighted by atomic mass is 31.2. The predicted molar refractivity (Wildman–Crippen MR) is 79.6 cm³/mol. The molecule has 2 aliphatic carbocycles. The minimum atomic E-state index is -4.01. The molecule has 0 aromatic rings. The number of nitro groups is 2. The zero-order valence-corrected chi connectivity index (χ0v) is 13.5. The molecule has 0 aliphatic heterocycles. The predicted octanol–water partition coefficient (Wildman–Crippen LogP) is 1.86. The van der Waals surface area contributed by atoms with Crippen molar-refractivity contribution >= 4 is 8.17 Å². The van der Waals surface area contributed by atoms with Crippen LogP contribution in [0.4, 0.5) is 0 Å². The molecule has 0 amide bonds. The zero-order chi connectivity index (χ0) is 17.0. The number of rotatable bonds is 6. The molecule has 2 rings (SSSR count). The molecule has 2 N–H and O–H groups in total. The van der Waals surface area contributed by atoms with Gasteiger partial charge in [-0.25, -0.2) is 0 Å². The monoisotopic (exact) mass is 353 g/mol. The van der Waals surface area contributed by atoms with Gasteiger partial charge in [0.25, 0.3) is 0 Å². The van der Waals surface area contributed by atoms with Crippen LogP contribution in [0.15, 0.2) is 0 Å². The fourth-order valence-corrected chi connectivity index (χ4v) is 4.38. The first-order valence-electron chi connectivity index (χ1n) is 7.75. The van der Waals surface area contributed by atoms with Crippen molar-refractivity contribution in [3.63, 3.8) is 0 Å². The molecular formula is C12H22N2O8P+. The molecule has 0 aromatic carbocycles. The molecule has 0 atom stereocenters. The summed E-state index contributed by atoms with van der Waals surface area (Å²) >= 11 is 0. The Bertz CT molecular complexity index is 395. The van der Waals surface area contributed by atoms with E-state index in [-0.39, 0.29) is 9.85 Å². The minimum Gasteiger partial charge on any atom is -0.264 e. The van der Waals surface area contributed by atoms with Gasteiger partial charge in [-0.1, -0.05) is 0 Å². The minimum absolute atomic E-state index is 0.319. The van der Waals surface area contributed by atoms with E-state index >= 15 is 0 Å². The van der Waals surface area contributed by atoms with E-state index in [9.17, 15) is 30.0 Å². The van der Waals surface area contributed by atoms with Gasteiger partial charge in [-0.3, -0.25) is 20.2 Å². The van der Waals surface area contributed by atoms with Gasteiger partial charge in [0.05, 0.1) is 0 Å². The first-order valence-corrected chi connectivity index (χ1v) is 9.28. The Morgan fingerprint density at radius 1 is 0.739 bits per heavy atom. The largest absolute Gasteiger partial charge is 0.570 e. The average Bonchev–Trinajstić information content (AvgIpc) is 2.47. The average molecular weight is 353 g/mol. The highest BCUT2D eigenvalue weighted by molar-refractivity contribution is 7.54. The van der Waals surface area contributed by atoms with E-state index in [1.54, 1.807) is 0 Å². The molecule has 2 aliphatic rings. The summed E-state index contributed by atoms with van der Waals surface area (Å²) in [4.78, 5) is 40.6. The molecule has 2 fully saturated rings.